The summed E-state index contributed by atoms with van der Waals surface area (Å²) < 4.78 is 0. The summed E-state index contributed by atoms with van der Waals surface area (Å²) in [5, 5.41) is 21.4. The number of hydrogen-bond donors (Lipinski definition) is 3. The Morgan fingerprint density at radius 3 is 2.05 bits per heavy atom. The van der Waals surface area contributed by atoms with Crippen LogP contribution >= 0.6 is 0 Å². The van der Waals surface area contributed by atoms with Crippen molar-refractivity contribution in [3.63, 3.8) is 0 Å². The minimum absolute atomic E-state index is 0.114. The highest BCUT2D eigenvalue weighted by Gasteiger charge is 2.29. The number of amides is 2. The zero-order chi connectivity index (χ0) is 16.3. The van der Waals surface area contributed by atoms with Crippen LogP contribution in [-0.4, -0.2) is 75.9 Å². The van der Waals surface area contributed by atoms with Gasteiger partial charge in [0.15, 0.2) is 0 Å². The minimum Gasteiger partial charge on any atom is -0.481 e. The van der Waals surface area contributed by atoms with Gasteiger partial charge in [-0.1, -0.05) is 0 Å². The average molecular weight is 301 g/mol. The summed E-state index contributed by atoms with van der Waals surface area (Å²) >= 11 is 0. The zero-order valence-corrected chi connectivity index (χ0v) is 13.3. The maximum Gasteiger partial charge on any atom is 0.317 e. The Morgan fingerprint density at radius 2 is 1.62 bits per heavy atom. The summed E-state index contributed by atoms with van der Waals surface area (Å²) in [6.07, 6.45) is -0.114. The largest absolute Gasteiger partial charge is 0.481 e. The lowest BCUT2D eigenvalue weighted by molar-refractivity contribution is -0.138. The average Bonchev–Trinajstić information content (AvgIpc) is 2.24. The van der Waals surface area contributed by atoms with Crippen molar-refractivity contribution in [2.24, 2.45) is 0 Å². The van der Waals surface area contributed by atoms with Crippen LogP contribution in [0.3, 0.4) is 0 Å². The van der Waals surface area contributed by atoms with Crippen molar-refractivity contribution in [2.75, 3.05) is 32.7 Å². The van der Waals surface area contributed by atoms with Crippen molar-refractivity contribution in [3.05, 3.63) is 0 Å². The number of carbonyl (C=O) groups excluding carboxylic acids is 1. The molecule has 0 bridgehead atoms. The van der Waals surface area contributed by atoms with Crippen molar-refractivity contribution in [1.82, 2.24) is 15.1 Å². The van der Waals surface area contributed by atoms with Gasteiger partial charge in [0.1, 0.15) is 0 Å². The zero-order valence-electron chi connectivity index (χ0n) is 13.3. The van der Waals surface area contributed by atoms with Gasteiger partial charge in [-0.05, 0) is 27.7 Å². The SMILES string of the molecule is CC(C)(O)CN1CCN(C(=O)NC(C)(C)CC(=O)O)CC1. The van der Waals surface area contributed by atoms with Gasteiger partial charge in [-0.25, -0.2) is 4.79 Å². The lowest BCUT2D eigenvalue weighted by Gasteiger charge is -2.38. The van der Waals surface area contributed by atoms with Gasteiger partial charge >= 0.3 is 12.0 Å². The molecular formula is C14H27N3O4. The number of aliphatic hydroxyl groups is 1. The molecule has 3 N–H and O–H groups in total. The molecule has 0 atom stereocenters. The maximum atomic E-state index is 12.1. The third-order valence-corrected chi connectivity index (χ3v) is 3.31. The lowest BCUT2D eigenvalue weighted by atomic mass is 10.0. The van der Waals surface area contributed by atoms with E-state index in [4.69, 9.17) is 5.11 Å². The fourth-order valence-corrected chi connectivity index (χ4v) is 2.45. The molecule has 7 heteroatoms. The second-order valence-electron chi connectivity index (χ2n) is 6.96. The Balaban J connectivity index is 2.43. The van der Waals surface area contributed by atoms with Gasteiger partial charge in [0.2, 0.25) is 0 Å². The van der Waals surface area contributed by atoms with Crippen LogP contribution < -0.4 is 5.32 Å². The Kier molecular flexibility index (Phi) is 5.58. The Hall–Kier alpha value is -1.34. The molecule has 0 aromatic heterocycles. The van der Waals surface area contributed by atoms with Crippen molar-refractivity contribution in [1.29, 1.82) is 0 Å². The number of β-amino-alcohol motifs (C(OH)–C–C–N with tert-alkyl or cyclic N) is 1. The van der Waals surface area contributed by atoms with E-state index in [0.717, 1.165) is 0 Å². The van der Waals surface area contributed by atoms with Crippen LogP contribution in [0.25, 0.3) is 0 Å². The monoisotopic (exact) mass is 301 g/mol. The minimum atomic E-state index is -0.935. The van der Waals surface area contributed by atoms with Gasteiger partial charge in [0.25, 0.3) is 0 Å². The summed E-state index contributed by atoms with van der Waals surface area (Å²) in [7, 11) is 0. The standard InChI is InChI=1S/C14H27N3O4/c1-13(2,9-11(18)19)15-12(20)17-7-5-16(6-8-17)10-14(3,4)21/h21H,5-10H2,1-4H3,(H,15,20)(H,18,19). The van der Waals surface area contributed by atoms with Crippen LogP contribution in [0.4, 0.5) is 4.79 Å². The molecule has 1 fully saturated rings. The van der Waals surface area contributed by atoms with Crippen LogP contribution in [0.15, 0.2) is 0 Å². The van der Waals surface area contributed by atoms with Crippen molar-refractivity contribution in [2.45, 2.75) is 45.3 Å². The van der Waals surface area contributed by atoms with Crippen molar-refractivity contribution < 1.29 is 19.8 Å². The third-order valence-electron chi connectivity index (χ3n) is 3.31. The molecule has 1 heterocycles. The fraction of sp³-hybridized carbons (Fsp3) is 0.857. The summed E-state index contributed by atoms with van der Waals surface area (Å²) in [4.78, 5) is 26.7. The van der Waals surface area contributed by atoms with Gasteiger partial charge < -0.3 is 20.4 Å². The smallest absolute Gasteiger partial charge is 0.317 e. The molecule has 0 radical (unpaired) electrons. The van der Waals surface area contributed by atoms with Gasteiger partial charge in [-0.15, -0.1) is 0 Å². The maximum absolute atomic E-state index is 12.1. The highest BCUT2D eigenvalue weighted by molar-refractivity contribution is 5.76. The normalized spacial score (nSPS) is 17.7. The van der Waals surface area contributed by atoms with Gasteiger partial charge in [-0.2, -0.15) is 0 Å². The summed E-state index contributed by atoms with van der Waals surface area (Å²) in [5.74, 6) is -0.935. The molecule has 0 unspecified atom stereocenters. The van der Waals surface area contributed by atoms with Crippen molar-refractivity contribution >= 4 is 12.0 Å². The number of carbonyl (C=O) groups is 2. The first-order valence-electron chi connectivity index (χ1n) is 7.22. The number of rotatable bonds is 5. The van der Waals surface area contributed by atoms with Crippen LogP contribution in [0.1, 0.15) is 34.1 Å². The van der Waals surface area contributed by atoms with E-state index in [1.165, 1.54) is 0 Å². The number of carboxylic acids is 1. The number of carboxylic acid groups (broad SMARTS) is 1. The Bertz CT molecular complexity index is 382. The van der Waals surface area contributed by atoms with E-state index in [9.17, 15) is 14.7 Å². The van der Waals surface area contributed by atoms with Gasteiger partial charge in [-0.3, -0.25) is 9.69 Å². The first-order chi connectivity index (χ1) is 9.48. The Morgan fingerprint density at radius 1 is 1.10 bits per heavy atom. The first-order valence-corrected chi connectivity index (χ1v) is 7.22. The van der Waals surface area contributed by atoms with Crippen LogP contribution in [0.2, 0.25) is 0 Å². The number of nitrogens with zero attached hydrogens (tertiary/aromatic N) is 2. The number of hydrogen-bond acceptors (Lipinski definition) is 4. The molecule has 0 spiro atoms. The molecular weight excluding hydrogens is 274 g/mol. The predicted octanol–water partition coefficient (Wildman–Crippen LogP) is 0.338. The molecule has 122 valence electrons. The first kappa shape index (κ1) is 17.7. The quantitative estimate of drug-likeness (QED) is 0.681. The molecule has 0 aromatic carbocycles. The van der Waals surface area contributed by atoms with Gasteiger partial charge in [0, 0.05) is 38.3 Å². The van der Waals surface area contributed by atoms with Crippen LogP contribution in [-0.2, 0) is 4.79 Å². The molecule has 0 aromatic rings. The van der Waals surface area contributed by atoms with E-state index in [-0.39, 0.29) is 12.5 Å². The molecule has 21 heavy (non-hydrogen) atoms. The summed E-state index contributed by atoms with van der Waals surface area (Å²) in [5.41, 5.74) is -1.51. The Labute approximate surface area is 125 Å². The summed E-state index contributed by atoms with van der Waals surface area (Å²) in [6, 6.07) is -0.232. The molecule has 1 saturated heterocycles. The van der Waals surface area contributed by atoms with E-state index >= 15 is 0 Å². The molecule has 0 aliphatic carbocycles. The molecule has 0 saturated carbocycles. The number of aliphatic carboxylic acids is 1. The molecule has 2 amide bonds. The highest BCUT2D eigenvalue weighted by atomic mass is 16.4. The number of piperazine rings is 1. The highest BCUT2D eigenvalue weighted by Crippen LogP contribution is 2.12. The van der Waals surface area contributed by atoms with E-state index in [2.05, 4.69) is 10.2 Å². The fourth-order valence-electron chi connectivity index (χ4n) is 2.45. The van der Waals surface area contributed by atoms with E-state index in [1.807, 2.05) is 0 Å². The van der Waals surface area contributed by atoms with Crippen LogP contribution in [0, 0.1) is 0 Å². The van der Waals surface area contributed by atoms with E-state index in [1.54, 1.807) is 32.6 Å². The molecule has 1 aliphatic heterocycles. The topological polar surface area (TPSA) is 93.1 Å². The molecule has 1 rings (SSSR count). The molecule has 7 nitrogen and oxygen atoms in total. The lowest BCUT2D eigenvalue weighted by Crippen LogP contribution is -2.57. The van der Waals surface area contributed by atoms with Crippen LogP contribution in [0.5, 0.6) is 0 Å². The van der Waals surface area contributed by atoms with E-state index < -0.39 is 17.1 Å². The summed E-state index contributed by atoms with van der Waals surface area (Å²) in [6.45, 7) is 10.1. The molecule has 1 aliphatic rings. The number of urea groups is 1. The second-order valence-corrected chi connectivity index (χ2v) is 6.96. The number of nitrogens with one attached hydrogen (secondary N) is 1. The van der Waals surface area contributed by atoms with E-state index in [0.29, 0.717) is 32.7 Å². The second kappa shape index (κ2) is 6.62. The van der Waals surface area contributed by atoms with Gasteiger partial charge in [0.05, 0.1) is 12.0 Å². The third kappa shape index (κ3) is 6.77. The van der Waals surface area contributed by atoms with Crippen molar-refractivity contribution in [3.8, 4) is 0 Å². The predicted molar refractivity (Wildman–Crippen MR) is 79.2 cm³/mol.